The fourth-order valence-electron chi connectivity index (χ4n) is 3.62. The number of sulfonamides is 1. The molecule has 2 aromatic rings. The number of piperidine rings is 1. The standard InChI is InChI=1S/C22H29N3O4S/c1-16-7-5-6-14-25(16)30(27,28)21-15-17(8-13-20(21)29-4)22(26)23-18-9-11-19(12-10-18)24(2)3/h8-13,15-16H,5-7,14H2,1-4H3,(H,23,26)/t16-/m1/s1. The van der Waals surface area contributed by atoms with E-state index in [0.717, 1.165) is 24.9 Å². The van der Waals surface area contributed by atoms with Crippen LogP contribution in [0, 0.1) is 0 Å². The van der Waals surface area contributed by atoms with Crippen molar-refractivity contribution in [2.75, 3.05) is 38.0 Å². The first-order chi connectivity index (χ1) is 14.2. The molecule has 0 unspecified atom stereocenters. The Hall–Kier alpha value is -2.58. The summed E-state index contributed by atoms with van der Waals surface area (Å²) in [6.07, 6.45) is 2.67. The topological polar surface area (TPSA) is 79.0 Å². The van der Waals surface area contributed by atoms with Gasteiger partial charge in [0.2, 0.25) is 10.0 Å². The largest absolute Gasteiger partial charge is 0.495 e. The van der Waals surface area contributed by atoms with Gasteiger partial charge >= 0.3 is 0 Å². The van der Waals surface area contributed by atoms with Crippen molar-refractivity contribution in [1.29, 1.82) is 0 Å². The molecule has 1 saturated heterocycles. The van der Waals surface area contributed by atoms with Crippen molar-refractivity contribution in [2.24, 2.45) is 0 Å². The first kappa shape index (κ1) is 22.1. The number of rotatable bonds is 6. The first-order valence-electron chi connectivity index (χ1n) is 10.0. The van der Waals surface area contributed by atoms with E-state index in [1.807, 2.05) is 50.2 Å². The van der Waals surface area contributed by atoms with Crippen molar-refractivity contribution < 1.29 is 17.9 Å². The molecule has 1 N–H and O–H groups in total. The highest BCUT2D eigenvalue weighted by molar-refractivity contribution is 7.89. The molecule has 2 aromatic carbocycles. The van der Waals surface area contributed by atoms with Gasteiger partial charge in [-0.1, -0.05) is 6.42 Å². The average molecular weight is 432 g/mol. The normalized spacial score (nSPS) is 17.4. The molecule has 1 atom stereocenters. The van der Waals surface area contributed by atoms with Crippen LogP contribution < -0.4 is 15.0 Å². The zero-order valence-electron chi connectivity index (χ0n) is 17.9. The van der Waals surface area contributed by atoms with E-state index in [2.05, 4.69) is 5.32 Å². The average Bonchev–Trinajstić information content (AvgIpc) is 2.73. The van der Waals surface area contributed by atoms with Crippen molar-refractivity contribution in [2.45, 2.75) is 37.1 Å². The molecule has 1 heterocycles. The second kappa shape index (κ2) is 9.06. The Bertz CT molecular complexity index is 1000. The van der Waals surface area contributed by atoms with Gasteiger partial charge in [0.15, 0.2) is 0 Å². The van der Waals surface area contributed by atoms with Crippen LogP contribution in [0.2, 0.25) is 0 Å². The third kappa shape index (κ3) is 4.60. The number of carbonyl (C=O) groups excluding carboxylic acids is 1. The maximum Gasteiger partial charge on any atom is 0.255 e. The highest BCUT2D eigenvalue weighted by Crippen LogP contribution is 2.32. The summed E-state index contributed by atoms with van der Waals surface area (Å²) >= 11 is 0. The number of nitrogens with zero attached hydrogens (tertiary/aromatic N) is 2. The number of amides is 1. The van der Waals surface area contributed by atoms with Crippen LogP contribution in [0.1, 0.15) is 36.5 Å². The van der Waals surface area contributed by atoms with E-state index in [0.29, 0.717) is 12.2 Å². The fourth-order valence-corrected chi connectivity index (χ4v) is 5.50. The van der Waals surface area contributed by atoms with Gasteiger partial charge in [-0.15, -0.1) is 0 Å². The zero-order valence-corrected chi connectivity index (χ0v) is 18.7. The SMILES string of the molecule is COc1ccc(C(=O)Nc2ccc(N(C)C)cc2)cc1S(=O)(=O)N1CCCC[C@H]1C. The summed E-state index contributed by atoms with van der Waals surface area (Å²) < 4.78 is 33.5. The zero-order chi connectivity index (χ0) is 21.9. The number of methoxy groups -OCH3 is 1. The predicted molar refractivity (Wildman–Crippen MR) is 119 cm³/mol. The van der Waals surface area contributed by atoms with E-state index in [-0.39, 0.29) is 28.2 Å². The van der Waals surface area contributed by atoms with Gasteiger partial charge in [0.05, 0.1) is 7.11 Å². The maximum absolute atomic E-state index is 13.3. The summed E-state index contributed by atoms with van der Waals surface area (Å²) in [4.78, 5) is 14.8. The van der Waals surface area contributed by atoms with E-state index in [4.69, 9.17) is 4.74 Å². The second-order valence-corrected chi connectivity index (χ2v) is 9.58. The first-order valence-corrected chi connectivity index (χ1v) is 11.5. The predicted octanol–water partition coefficient (Wildman–Crippen LogP) is 3.58. The van der Waals surface area contributed by atoms with Crippen LogP contribution in [0.5, 0.6) is 5.75 Å². The van der Waals surface area contributed by atoms with Gasteiger partial charge < -0.3 is 15.0 Å². The van der Waals surface area contributed by atoms with Gasteiger partial charge in [0.25, 0.3) is 5.91 Å². The summed E-state index contributed by atoms with van der Waals surface area (Å²) in [7, 11) is 1.54. The summed E-state index contributed by atoms with van der Waals surface area (Å²) in [5, 5.41) is 2.82. The van der Waals surface area contributed by atoms with Crippen molar-refractivity contribution in [3.63, 3.8) is 0 Å². The van der Waals surface area contributed by atoms with Crippen LogP contribution in [-0.2, 0) is 10.0 Å². The molecule has 0 radical (unpaired) electrons. The minimum atomic E-state index is -3.78. The minimum absolute atomic E-state index is 0.0226. The van der Waals surface area contributed by atoms with Crippen LogP contribution in [0.3, 0.4) is 0 Å². The van der Waals surface area contributed by atoms with Crippen molar-refractivity contribution in [1.82, 2.24) is 4.31 Å². The van der Waals surface area contributed by atoms with E-state index in [1.54, 1.807) is 6.07 Å². The molecule has 0 bridgehead atoms. The molecule has 8 heteroatoms. The molecular formula is C22H29N3O4S. The molecular weight excluding hydrogens is 402 g/mol. The molecule has 1 aliphatic rings. The second-order valence-electron chi connectivity index (χ2n) is 7.72. The third-order valence-corrected chi connectivity index (χ3v) is 7.43. The Morgan fingerprint density at radius 2 is 1.83 bits per heavy atom. The molecule has 1 amide bonds. The van der Waals surface area contributed by atoms with Gasteiger partial charge in [0.1, 0.15) is 10.6 Å². The van der Waals surface area contributed by atoms with E-state index < -0.39 is 10.0 Å². The number of ether oxygens (including phenoxy) is 1. The molecule has 3 rings (SSSR count). The Labute approximate surface area is 178 Å². The van der Waals surface area contributed by atoms with Gasteiger partial charge in [-0.3, -0.25) is 4.79 Å². The summed E-state index contributed by atoms with van der Waals surface area (Å²) in [6, 6.07) is 11.8. The van der Waals surface area contributed by atoms with Crippen LogP contribution in [-0.4, -0.2) is 52.4 Å². The van der Waals surface area contributed by atoms with Crippen LogP contribution in [0.15, 0.2) is 47.4 Å². The maximum atomic E-state index is 13.3. The highest BCUT2D eigenvalue weighted by Gasteiger charge is 2.33. The molecule has 7 nitrogen and oxygen atoms in total. The van der Waals surface area contributed by atoms with Gasteiger partial charge in [-0.25, -0.2) is 8.42 Å². The van der Waals surface area contributed by atoms with E-state index in [9.17, 15) is 13.2 Å². The lowest BCUT2D eigenvalue weighted by Crippen LogP contribution is -2.42. The Morgan fingerprint density at radius 1 is 1.13 bits per heavy atom. The van der Waals surface area contributed by atoms with Gasteiger partial charge in [0, 0.05) is 43.6 Å². The molecule has 0 aromatic heterocycles. The summed E-state index contributed by atoms with van der Waals surface area (Å²) in [5.41, 5.74) is 1.91. The van der Waals surface area contributed by atoms with Gasteiger partial charge in [-0.05, 0) is 62.2 Å². The van der Waals surface area contributed by atoms with E-state index in [1.165, 1.54) is 23.5 Å². The van der Waals surface area contributed by atoms with Crippen molar-refractivity contribution >= 4 is 27.3 Å². The molecule has 162 valence electrons. The summed E-state index contributed by atoms with van der Waals surface area (Å²) in [5.74, 6) is -0.141. The van der Waals surface area contributed by atoms with Crippen molar-refractivity contribution in [3.05, 3.63) is 48.0 Å². The lowest BCUT2D eigenvalue weighted by molar-refractivity contribution is 0.102. The molecule has 1 aliphatic heterocycles. The van der Waals surface area contributed by atoms with Crippen LogP contribution in [0.4, 0.5) is 11.4 Å². The van der Waals surface area contributed by atoms with Gasteiger partial charge in [-0.2, -0.15) is 4.31 Å². The fraction of sp³-hybridized carbons (Fsp3) is 0.409. The van der Waals surface area contributed by atoms with Crippen LogP contribution >= 0.6 is 0 Å². The number of nitrogens with one attached hydrogen (secondary N) is 1. The Balaban J connectivity index is 1.89. The molecule has 1 fully saturated rings. The smallest absolute Gasteiger partial charge is 0.255 e. The number of anilines is 2. The number of hydrogen-bond acceptors (Lipinski definition) is 5. The van der Waals surface area contributed by atoms with Crippen LogP contribution in [0.25, 0.3) is 0 Å². The number of benzene rings is 2. The summed E-state index contributed by atoms with van der Waals surface area (Å²) in [6.45, 7) is 2.39. The Morgan fingerprint density at radius 3 is 2.43 bits per heavy atom. The molecule has 0 aliphatic carbocycles. The third-order valence-electron chi connectivity index (χ3n) is 5.40. The minimum Gasteiger partial charge on any atom is -0.495 e. The molecule has 0 saturated carbocycles. The highest BCUT2D eigenvalue weighted by atomic mass is 32.2. The monoisotopic (exact) mass is 431 g/mol. The molecule has 0 spiro atoms. The Kier molecular flexibility index (Phi) is 6.67. The quantitative estimate of drug-likeness (QED) is 0.756. The van der Waals surface area contributed by atoms with Crippen molar-refractivity contribution in [3.8, 4) is 5.75 Å². The lowest BCUT2D eigenvalue weighted by atomic mass is 10.1. The lowest BCUT2D eigenvalue weighted by Gasteiger charge is -2.32. The number of carbonyl (C=O) groups is 1. The molecule has 30 heavy (non-hydrogen) atoms. The number of hydrogen-bond donors (Lipinski definition) is 1. The van der Waals surface area contributed by atoms with E-state index >= 15 is 0 Å².